The number of aromatic nitrogens is 1. The minimum atomic E-state index is 0.103. The van der Waals surface area contributed by atoms with Gasteiger partial charge >= 0.3 is 0 Å². The van der Waals surface area contributed by atoms with E-state index in [1.54, 1.807) is 11.3 Å². The van der Waals surface area contributed by atoms with Crippen LogP contribution < -0.4 is 5.73 Å². The van der Waals surface area contributed by atoms with Crippen LogP contribution >= 0.6 is 11.3 Å². The third kappa shape index (κ3) is 4.20. The zero-order valence-electron chi connectivity index (χ0n) is 10.4. The van der Waals surface area contributed by atoms with Crippen molar-refractivity contribution >= 4 is 11.3 Å². The van der Waals surface area contributed by atoms with Gasteiger partial charge in [0.15, 0.2) is 0 Å². The lowest BCUT2D eigenvalue weighted by Gasteiger charge is -2.08. The van der Waals surface area contributed by atoms with Crippen LogP contribution in [0.1, 0.15) is 50.4 Å². The van der Waals surface area contributed by atoms with E-state index in [1.807, 2.05) is 13.8 Å². The van der Waals surface area contributed by atoms with Gasteiger partial charge < -0.3 is 10.5 Å². The van der Waals surface area contributed by atoms with E-state index in [4.69, 9.17) is 10.5 Å². The maximum atomic E-state index is 5.99. The largest absolute Gasteiger partial charge is 0.372 e. The maximum absolute atomic E-state index is 5.99. The molecule has 2 N–H and O–H groups in total. The highest BCUT2D eigenvalue weighted by atomic mass is 32.1. The van der Waals surface area contributed by atoms with E-state index in [-0.39, 0.29) is 12.1 Å². The summed E-state index contributed by atoms with van der Waals surface area (Å²) in [5.41, 5.74) is 7.10. The lowest BCUT2D eigenvalue weighted by molar-refractivity contribution is 0.0761. The van der Waals surface area contributed by atoms with Crippen LogP contribution in [0.15, 0.2) is 5.38 Å². The number of ether oxygens (including phenoxy) is 1. The van der Waals surface area contributed by atoms with Gasteiger partial charge in [0.05, 0.1) is 5.69 Å². The lowest BCUT2D eigenvalue weighted by Crippen LogP contribution is -2.22. The van der Waals surface area contributed by atoms with Gasteiger partial charge in [-0.25, -0.2) is 4.98 Å². The van der Waals surface area contributed by atoms with Gasteiger partial charge in [0.1, 0.15) is 11.1 Å². The molecule has 0 saturated heterocycles. The zero-order valence-corrected chi connectivity index (χ0v) is 11.2. The van der Waals surface area contributed by atoms with Crippen LogP contribution in [0.3, 0.4) is 0 Å². The van der Waals surface area contributed by atoms with Crippen molar-refractivity contribution in [2.45, 2.75) is 52.2 Å². The molecule has 4 heteroatoms. The third-order valence-corrected chi connectivity index (χ3v) is 3.52. The molecule has 0 radical (unpaired) electrons. The Kier molecular flexibility index (Phi) is 5.95. The summed E-state index contributed by atoms with van der Waals surface area (Å²) in [7, 11) is 0. The van der Waals surface area contributed by atoms with Crippen LogP contribution in [0.25, 0.3) is 0 Å². The summed E-state index contributed by atoms with van der Waals surface area (Å²) in [6.07, 6.45) is 3.18. The van der Waals surface area contributed by atoms with Crippen molar-refractivity contribution in [2.75, 3.05) is 6.61 Å². The average Bonchev–Trinajstić information content (AvgIpc) is 2.67. The predicted molar refractivity (Wildman–Crippen MR) is 68.7 cm³/mol. The number of nitrogens with two attached hydrogens (primary N) is 1. The molecule has 0 aliphatic carbocycles. The first-order valence-electron chi connectivity index (χ1n) is 5.98. The highest BCUT2D eigenvalue weighted by Gasteiger charge is 2.11. The molecule has 16 heavy (non-hydrogen) atoms. The second-order valence-corrected chi connectivity index (χ2v) is 4.92. The Morgan fingerprint density at radius 1 is 1.50 bits per heavy atom. The molecule has 0 aromatic carbocycles. The van der Waals surface area contributed by atoms with Crippen molar-refractivity contribution in [2.24, 2.45) is 5.73 Å². The summed E-state index contributed by atoms with van der Waals surface area (Å²) < 4.78 is 5.51. The Hall–Kier alpha value is -0.450. The second kappa shape index (κ2) is 6.99. The SMILES string of the molecule is CCCC(N)Cc1csc(C(C)OCC)n1. The van der Waals surface area contributed by atoms with Crippen molar-refractivity contribution in [3.63, 3.8) is 0 Å². The van der Waals surface area contributed by atoms with Gasteiger partial charge in [-0.1, -0.05) is 13.3 Å². The van der Waals surface area contributed by atoms with Crippen molar-refractivity contribution < 1.29 is 4.74 Å². The van der Waals surface area contributed by atoms with Crippen LogP contribution in [0.5, 0.6) is 0 Å². The fourth-order valence-electron chi connectivity index (χ4n) is 1.67. The normalized spacial score (nSPS) is 15.0. The molecule has 0 amide bonds. The molecule has 1 heterocycles. The highest BCUT2D eigenvalue weighted by molar-refractivity contribution is 7.09. The van der Waals surface area contributed by atoms with Gasteiger partial charge in [0.25, 0.3) is 0 Å². The molecule has 3 nitrogen and oxygen atoms in total. The Morgan fingerprint density at radius 2 is 2.25 bits per heavy atom. The third-order valence-electron chi connectivity index (χ3n) is 2.46. The fourth-order valence-corrected chi connectivity index (χ4v) is 2.50. The molecular weight excluding hydrogens is 220 g/mol. The van der Waals surface area contributed by atoms with E-state index in [2.05, 4.69) is 17.3 Å². The topological polar surface area (TPSA) is 48.1 Å². The van der Waals surface area contributed by atoms with E-state index in [0.29, 0.717) is 0 Å². The summed E-state index contributed by atoms with van der Waals surface area (Å²) in [6, 6.07) is 0.238. The first-order valence-corrected chi connectivity index (χ1v) is 6.86. The van der Waals surface area contributed by atoms with Crippen molar-refractivity contribution in [1.82, 2.24) is 4.98 Å². The summed E-state index contributed by atoms with van der Waals surface area (Å²) in [6.45, 7) is 6.93. The molecule has 1 aromatic rings. The quantitative estimate of drug-likeness (QED) is 0.799. The van der Waals surface area contributed by atoms with E-state index in [0.717, 1.165) is 36.6 Å². The Morgan fingerprint density at radius 3 is 2.88 bits per heavy atom. The first-order chi connectivity index (χ1) is 7.67. The van der Waals surface area contributed by atoms with E-state index < -0.39 is 0 Å². The Labute approximate surface area is 102 Å². The van der Waals surface area contributed by atoms with Crippen LogP contribution in [0.2, 0.25) is 0 Å². The van der Waals surface area contributed by atoms with Gasteiger partial charge in [-0.15, -0.1) is 11.3 Å². The van der Waals surface area contributed by atoms with Gasteiger partial charge in [0.2, 0.25) is 0 Å². The van der Waals surface area contributed by atoms with E-state index >= 15 is 0 Å². The van der Waals surface area contributed by atoms with Crippen molar-refractivity contribution in [1.29, 1.82) is 0 Å². The molecule has 0 fully saturated rings. The monoisotopic (exact) mass is 242 g/mol. The summed E-state index contributed by atoms with van der Waals surface area (Å²) >= 11 is 1.67. The summed E-state index contributed by atoms with van der Waals surface area (Å²) in [5.74, 6) is 0. The van der Waals surface area contributed by atoms with Crippen molar-refractivity contribution in [3.8, 4) is 0 Å². The molecule has 92 valence electrons. The zero-order chi connectivity index (χ0) is 12.0. The molecule has 2 unspecified atom stereocenters. The van der Waals surface area contributed by atoms with Crippen LogP contribution in [-0.2, 0) is 11.2 Å². The number of rotatable bonds is 7. The van der Waals surface area contributed by atoms with E-state index in [1.165, 1.54) is 0 Å². The van der Waals surface area contributed by atoms with Crippen LogP contribution in [0.4, 0.5) is 0 Å². The van der Waals surface area contributed by atoms with Gasteiger partial charge in [-0.05, 0) is 20.3 Å². The molecule has 0 saturated carbocycles. The molecule has 2 atom stereocenters. The molecule has 0 aliphatic rings. The molecule has 0 aliphatic heterocycles. The molecule has 1 aromatic heterocycles. The van der Waals surface area contributed by atoms with Crippen LogP contribution in [0, 0.1) is 0 Å². The second-order valence-electron chi connectivity index (χ2n) is 4.03. The van der Waals surface area contributed by atoms with Gasteiger partial charge in [-0.2, -0.15) is 0 Å². The van der Waals surface area contributed by atoms with Crippen molar-refractivity contribution in [3.05, 3.63) is 16.1 Å². The Bertz CT molecular complexity index is 301. The number of hydrogen-bond donors (Lipinski definition) is 1. The maximum Gasteiger partial charge on any atom is 0.121 e. The molecule has 0 bridgehead atoms. The Balaban J connectivity index is 2.50. The van der Waals surface area contributed by atoms with Gasteiger partial charge in [0, 0.05) is 24.4 Å². The lowest BCUT2D eigenvalue weighted by atomic mass is 10.1. The number of thiazole rings is 1. The summed E-state index contributed by atoms with van der Waals surface area (Å²) in [5, 5.41) is 3.15. The first kappa shape index (κ1) is 13.6. The van der Waals surface area contributed by atoms with Crippen LogP contribution in [-0.4, -0.2) is 17.6 Å². The fraction of sp³-hybridized carbons (Fsp3) is 0.750. The predicted octanol–water partition coefficient (Wildman–Crippen LogP) is 2.91. The molecular formula is C12H22N2OS. The summed E-state index contributed by atoms with van der Waals surface area (Å²) in [4.78, 5) is 4.56. The molecule has 0 spiro atoms. The minimum Gasteiger partial charge on any atom is -0.372 e. The smallest absolute Gasteiger partial charge is 0.121 e. The van der Waals surface area contributed by atoms with Gasteiger partial charge in [-0.3, -0.25) is 0 Å². The highest BCUT2D eigenvalue weighted by Crippen LogP contribution is 2.21. The molecule has 1 rings (SSSR count). The minimum absolute atomic E-state index is 0.103. The number of hydrogen-bond acceptors (Lipinski definition) is 4. The average molecular weight is 242 g/mol. The number of nitrogens with zero attached hydrogens (tertiary/aromatic N) is 1. The standard InChI is InChI=1S/C12H22N2OS/c1-4-6-10(13)7-11-8-16-12(14-11)9(3)15-5-2/h8-10H,4-7,13H2,1-3H3. The van der Waals surface area contributed by atoms with E-state index in [9.17, 15) is 0 Å².